The molecule has 4 N–H and O–H groups in total. The summed E-state index contributed by atoms with van der Waals surface area (Å²) in [6, 6.07) is 20.1. The molecule has 0 spiro atoms. The van der Waals surface area contributed by atoms with Crippen molar-refractivity contribution in [3.63, 3.8) is 0 Å². The number of esters is 2. The molecule has 7 nitrogen and oxygen atoms in total. The van der Waals surface area contributed by atoms with E-state index in [-0.39, 0.29) is 0 Å². The molecule has 0 radical (unpaired) electrons. The second-order valence-electron chi connectivity index (χ2n) is 10.4. The Bertz CT molecular complexity index is 1250. The molecule has 0 fully saturated rings. The van der Waals surface area contributed by atoms with Crippen molar-refractivity contribution in [1.29, 1.82) is 0 Å². The number of unbranched alkanes of at least 4 members (excludes halogenated alkanes) is 7. The van der Waals surface area contributed by atoms with Gasteiger partial charge in [0.05, 0.1) is 18.8 Å². The van der Waals surface area contributed by atoms with Gasteiger partial charge in [0.2, 0.25) is 0 Å². The van der Waals surface area contributed by atoms with Crippen LogP contribution in [0, 0.1) is 0 Å². The summed E-state index contributed by atoms with van der Waals surface area (Å²) in [6.45, 7) is 3.21. The topological polar surface area (TPSA) is 114 Å². The number of carbonyl (C=O) groups is 2. The second kappa shape index (κ2) is 18.2. The van der Waals surface area contributed by atoms with Gasteiger partial charge >= 0.3 is 11.9 Å². The van der Waals surface area contributed by atoms with E-state index in [9.17, 15) is 9.59 Å². The molecule has 0 aliphatic rings. The number of hydrogen-bond donors (Lipinski definition) is 2. The molecule has 0 bridgehead atoms. The van der Waals surface area contributed by atoms with Crippen molar-refractivity contribution in [2.24, 2.45) is 0 Å². The first-order valence-electron chi connectivity index (χ1n) is 15.0. The maximum atomic E-state index is 12.2. The summed E-state index contributed by atoms with van der Waals surface area (Å²) in [6.07, 6.45) is 13.9. The Morgan fingerprint density at radius 1 is 0.714 bits per heavy atom. The number of aryl methyl sites for hydroxylation is 1. The van der Waals surface area contributed by atoms with Crippen LogP contribution in [-0.4, -0.2) is 25.2 Å². The molecular formula is C35H44N2O5. The summed E-state index contributed by atoms with van der Waals surface area (Å²) in [4.78, 5) is 24.3. The van der Waals surface area contributed by atoms with Crippen LogP contribution in [0.3, 0.4) is 0 Å². The van der Waals surface area contributed by atoms with Gasteiger partial charge in [0.15, 0.2) is 0 Å². The lowest BCUT2D eigenvalue weighted by Crippen LogP contribution is -2.08. The third-order valence-electron chi connectivity index (χ3n) is 6.76. The van der Waals surface area contributed by atoms with Crippen molar-refractivity contribution in [3.05, 3.63) is 89.5 Å². The highest BCUT2D eigenvalue weighted by molar-refractivity contribution is 5.91. The van der Waals surface area contributed by atoms with E-state index in [4.69, 9.17) is 25.7 Å². The summed E-state index contributed by atoms with van der Waals surface area (Å²) < 4.78 is 16.6. The van der Waals surface area contributed by atoms with E-state index in [1.165, 1.54) is 37.3 Å². The molecule has 0 atom stereocenters. The van der Waals surface area contributed by atoms with Gasteiger partial charge in [-0.3, -0.25) is 0 Å². The molecule has 0 unspecified atom stereocenters. The molecule has 0 amide bonds. The summed E-state index contributed by atoms with van der Waals surface area (Å²) in [7, 11) is 0. The van der Waals surface area contributed by atoms with Crippen LogP contribution in [-0.2, 0) is 16.0 Å². The number of benzene rings is 3. The van der Waals surface area contributed by atoms with Gasteiger partial charge in [-0.2, -0.15) is 0 Å². The molecule has 224 valence electrons. The zero-order valence-corrected chi connectivity index (χ0v) is 24.7. The lowest BCUT2D eigenvalue weighted by molar-refractivity contribution is -0.128. The Morgan fingerprint density at radius 2 is 1.33 bits per heavy atom. The average molecular weight is 573 g/mol. The van der Waals surface area contributed by atoms with Crippen LogP contribution in [0.1, 0.15) is 86.2 Å². The van der Waals surface area contributed by atoms with Crippen LogP contribution in [0.4, 0.5) is 11.4 Å². The molecule has 0 saturated heterocycles. The van der Waals surface area contributed by atoms with E-state index in [0.717, 1.165) is 49.8 Å². The van der Waals surface area contributed by atoms with Crippen molar-refractivity contribution in [1.82, 2.24) is 0 Å². The molecule has 0 aliphatic carbocycles. The number of nitrogen functional groups attached to an aromatic ring is 2. The minimum atomic E-state index is -0.407. The normalized spacial score (nSPS) is 11.0. The fourth-order valence-corrected chi connectivity index (χ4v) is 4.44. The maximum absolute atomic E-state index is 12.2. The minimum Gasteiger partial charge on any atom is -0.494 e. The SMILES string of the molecule is CCCCCCc1ccc(OC(=O)/C=C/c2ccc(OCCCCCCCOC(=O)c3cc(N)cc(N)c3)cc2)cc1. The number of hydrogen-bond acceptors (Lipinski definition) is 7. The average Bonchev–Trinajstić information content (AvgIpc) is 2.98. The highest BCUT2D eigenvalue weighted by Gasteiger charge is 2.08. The molecule has 7 heteroatoms. The second-order valence-corrected chi connectivity index (χ2v) is 10.4. The highest BCUT2D eigenvalue weighted by Crippen LogP contribution is 2.18. The fraction of sp³-hybridized carbons (Fsp3) is 0.371. The van der Waals surface area contributed by atoms with Gasteiger partial charge in [-0.15, -0.1) is 0 Å². The predicted molar refractivity (Wildman–Crippen MR) is 170 cm³/mol. The van der Waals surface area contributed by atoms with Gasteiger partial charge in [-0.05, 0) is 85.4 Å². The molecule has 42 heavy (non-hydrogen) atoms. The van der Waals surface area contributed by atoms with Crippen LogP contribution in [0.2, 0.25) is 0 Å². The molecule has 0 heterocycles. The van der Waals surface area contributed by atoms with Gasteiger partial charge in [0, 0.05) is 17.5 Å². The van der Waals surface area contributed by atoms with Crippen molar-refractivity contribution >= 4 is 29.4 Å². The molecule has 0 aliphatic heterocycles. The van der Waals surface area contributed by atoms with Crippen molar-refractivity contribution in [3.8, 4) is 11.5 Å². The Kier molecular flexibility index (Phi) is 14.0. The maximum Gasteiger partial charge on any atom is 0.338 e. The first-order chi connectivity index (χ1) is 20.4. The molecule has 3 aromatic rings. The van der Waals surface area contributed by atoms with Gasteiger partial charge in [-0.25, -0.2) is 9.59 Å². The predicted octanol–water partition coefficient (Wildman–Crippen LogP) is 7.78. The number of ether oxygens (including phenoxy) is 3. The first kappa shape index (κ1) is 32.3. The molecule has 0 aromatic heterocycles. The Labute approximate surface area is 249 Å². The van der Waals surface area contributed by atoms with Crippen molar-refractivity contribution < 1.29 is 23.8 Å². The van der Waals surface area contributed by atoms with Crippen LogP contribution >= 0.6 is 0 Å². The lowest BCUT2D eigenvalue weighted by atomic mass is 10.1. The van der Waals surface area contributed by atoms with Crippen LogP contribution in [0.5, 0.6) is 11.5 Å². The highest BCUT2D eigenvalue weighted by atomic mass is 16.5. The monoisotopic (exact) mass is 572 g/mol. The summed E-state index contributed by atoms with van der Waals surface area (Å²) in [5, 5.41) is 0. The quantitative estimate of drug-likeness (QED) is 0.0526. The van der Waals surface area contributed by atoms with Crippen LogP contribution < -0.4 is 20.9 Å². The van der Waals surface area contributed by atoms with Gasteiger partial charge in [0.25, 0.3) is 0 Å². The Balaban J connectivity index is 1.24. The third kappa shape index (κ3) is 12.5. The van der Waals surface area contributed by atoms with E-state index in [1.807, 2.05) is 48.5 Å². The fourth-order valence-electron chi connectivity index (χ4n) is 4.44. The summed E-state index contributed by atoms with van der Waals surface area (Å²) in [5.74, 6) is 0.529. The van der Waals surface area contributed by atoms with Gasteiger partial charge in [0.1, 0.15) is 11.5 Å². The molecule has 0 saturated carbocycles. The number of rotatable bonds is 18. The van der Waals surface area contributed by atoms with E-state index >= 15 is 0 Å². The largest absolute Gasteiger partial charge is 0.494 e. The van der Waals surface area contributed by atoms with Crippen molar-refractivity contribution in [2.75, 3.05) is 24.7 Å². The standard InChI is InChI=1S/C35H44N2O5/c1-2-3-4-8-11-27-14-19-33(20-15-27)42-34(38)21-16-28-12-17-32(18-13-28)40-22-9-6-5-7-10-23-41-35(39)29-24-30(36)26-31(37)25-29/h12-21,24-26H,2-11,22-23,36-37H2,1H3/b21-16+. The Morgan fingerprint density at radius 3 is 2.02 bits per heavy atom. The Hall–Kier alpha value is -4.26. The van der Waals surface area contributed by atoms with Gasteiger partial charge in [-0.1, -0.05) is 69.7 Å². The first-order valence-corrected chi connectivity index (χ1v) is 15.0. The van der Waals surface area contributed by atoms with Gasteiger partial charge < -0.3 is 25.7 Å². The van der Waals surface area contributed by atoms with E-state index < -0.39 is 11.9 Å². The smallest absolute Gasteiger partial charge is 0.338 e. The number of anilines is 2. The zero-order chi connectivity index (χ0) is 30.0. The third-order valence-corrected chi connectivity index (χ3v) is 6.76. The van der Waals surface area contributed by atoms with E-state index in [0.29, 0.717) is 35.9 Å². The minimum absolute atomic E-state index is 0.370. The van der Waals surface area contributed by atoms with Crippen LogP contribution in [0.15, 0.2) is 72.8 Å². The number of nitrogens with two attached hydrogens (primary N) is 2. The van der Waals surface area contributed by atoms with Crippen LogP contribution in [0.25, 0.3) is 6.08 Å². The summed E-state index contributed by atoms with van der Waals surface area (Å²) in [5.41, 5.74) is 14.9. The van der Waals surface area contributed by atoms with Crippen molar-refractivity contribution in [2.45, 2.75) is 71.1 Å². The molecule has 3 rings (SSSR count). The van der Waals surface area contributed by atoms with E-state index in [1.54, 1.807) is 24.3 Å². The molecular weight excluding hydrogens is 528 g/mol. The summed E-state index contributed by atoms with van der Waals surface area (Å²) >= 11 is 0. The zero-order valence-electron chi connectivity index (χ0n) is 24.7. The van der Waals surface area contributed by atoms with E-state index in [2.05, 4.69) is 6.92 Å². The molecule has 3 aromatic carbocycles. The number of carbonyl (C=O) groups excluding carboxylic acids is 2. The lowest BCUT2D eigenvalue weighted by Gasteiger charge is -2.08.